The molecule has 0 rings (SSSR count). The molecule has 0 bridgehead atoms. The molecule has 1 atom stereocenters. The molecule has 2 heteroatoms. The normalized spacial score (nSPS) is 13.8. The molecule has 0 radical (unpaired) electrons. The SMILES string of the molecule is CCCCN(CC)C(CC)CO. The van der Waals surface area contributed by atoms with Gasteiger partial charge in [-0.2, -0.15) is 0 Å². The second-order valence-electron chi connectivity index (χ2n) is 3.23. The second-order valence-corrected chi connectivity index (χ2v) is 3.23. The average molecular weight is 173 g/mol. The molecule has 0 aromatic carbocycles. The van der Waals surface area contributed by atoms with Crippen molar-refractivity contribution in [1.29, 1.82) is 0 Å². The minimum Gasteiger partial charge on any atom is -0.395 e. The predicted octanol–water partition coefficient (Wildman–Crippen LogP) is 1.88. The first-order chi connectivity index (χ1) is 5.79. The van der Waals surface area contributed by atoms with Crippen LogP contribution < -0.4 is 0 Å². The van der Waals surface area contributed by atoms with Crippen molar-refractivity contribution in [2.75, 3.05) is 19.7 Å². The van der Waals surface area contributed by atoms with Gasteiger partial charge in [0.2, 0.25) is 0 Å². The van der Waals surface area contributed by atoms with Crippen LogP contribution in [0, 0.1) is 0 Å². The maximum Gasteiger partial charge on any atom is 0.0586 e. The van der Waals surface area contributed by atoms with E-state index in [-0.39, 0.29) is 0 Å². The predicted molar refractivity (Wildman–Crippen MR) is 53.3 cm³/mol. The van der Waals surface area contributed by atoms with Crippen LogP contribution in [0.5, 0.6) is 0 Å². The minimum absolute atomic E-state index is 0.300. The summed E-state index contributed by atoms with van der Waals surface area (Å²) in [5.41, 5.74) is 0. The number of nitrogens with zero attached hydrogens (tertiary/aromatic N) is 1. The number of unbranched alkanes of at least 4 members (excludes halogenated alkanes) is 1. The summed E-state index contributed by atoms with van der Waals surface area (Å²) in [6.07, 6.45) is 3.52. The van der Waals surface area contributed by atoms with E-state index in [2.05, 4.69) is 25.7 Å². The largest absolute Gasteiger partial charge is 0.395 e. The number of aliphatic hydroxyl groups is 1. The van der Waals surface area contributed by atoms with Crippen molar-refractivity contribution in [3.8, 4) is 0 Å². The molecule has 1 N–H and O–H groups in total. The van der Waals surface area contributed by atoms with Gasteiger partial charge in [0.15, 0.2) is 0 Å². The van der Waals surface area contributed by atoms with Crippen molar-refractivity contribution in [3.05, 3.63) is 0 Å². The standard InChI is InChI=1S/C10H23NO/c1-4-7-8-11(6-3)10(5-2)9-12/h10,12H,4-9H2,1-3H3. The molecule has 0 aliphatic carbocycles. The zero-order valence-corrected chi connectivity index (χ0v) is 8.71. The summed E-state index contributed by atoms with van der Waals surface area (Å²) in [6, 6.07) is 0.376. The van der Waals surface area contributed by atoms with Crippen molar-refractivity contribution in [1.82, 2.24) is 4.90 Å². The van der Waals surface area contributed by atoms with Gasteiger partial charge in [0.25, 0.3) is 0 Å². The summed E-state index contributed by atoms with van der Waals surface area (Å²) in [5.74, 6) is 0. The first kappa shape index (κ1) is 11.9. The van der Waals surface area contributed by atoms with Gasteiger partial charge in [-0.25, -0.2) is 0 Å². The van der Waals surface area contributed by atoms with Gasteiger partial charge in [0, 0.05) is 6.04 Å². The lowest BCUT2D eigenvalue weighted by molar-refractivity contribution is 0.123. The number of likely N-dealkylation sites (N-methyl/N-ethyl adjacent to an activating group) is 1. The third kappa shape index (κ3) is 4.07. The van der Waals surface area contributed by atoms with Gasteiger partial charge in [-0.05, 0) is 25.9 Å². The van der Waals surface area contributed by atoms with E-state index in [1.54, 1.807) is 0 Å². The molecule has 12 heavy (non-hydrogen) atoms. The van der Waals surface area contributed by atoms with Crippen molar-refractivity contribution in [3.63, 3.8) is 0 Å². The summed E-state index contributed by atoms with van der Waals surface area (Å²) < 4.78 is 0. The summed E-state index contributed by atoms with van der Waals surface area (Å²) in [4.78, 5) is 2.36. The first-order valence-corrected chi connectivity index (χ1v) is 5.14. The molecule has 0 heterocycles. The van der Waals surface area contributed by atoms with Crippen LogP contribution in [0.1, 0.15) is 40.0 Å². The Morgan fingerprint density at radius 1 is 1.25 bits per heavy atom. The molecular weight excluding hydrogens is 150 g/mol. The summed E-state index contributed by atoms with van der Waals surface area (Å²) in [7, 11) is 0. The maximum absolute atomic E-state index is 9.09. The van der Waals surface area contributed by atoms with Crippen LogP contribution in [0.2, 0.25) is 0 Å². The van der Waals surface area contributed by atoms with Gasteiger partial charge < -0.3 is 5.11 Å². The molecule has 0 aliphatic rings. The average Bonchev–Trinajstić information content (AvgIpc) is 2.12. The Morgan fingerprint density at radius 3 is 2.25 bits per heavy atom. The monoisotopic (exact) mass is 173 g/mol. The number of hydrogen-bond donors (Lipinski definition) is 1. The second kappa shape index (κ2) is 7.56. The van der Waals surface area contributed by atoms with Crippen LogP contribution in [0.15, 0.2) is 0 Å². The lowest BCUT2D eigenvalue weighted by atomic mass is 10.2. The Kier molecular flexibility index (Phi) is 7.51. The van der Waals surface area contributed by atoms with E-state index in [0.29, 0.717) is 12.6 Å². The number of hydrogen-bond acceptors (Lipinski definition) is 2. The molecule has 0 aromatic rings. The zero-order valence-electron chi connectivity index (χ0n) is 8.71. The molecule has 0 amide bonds. The minimum atomic E-state index is 0.300. The third-order valence-corrected chi connectivity index (χ3v) is 2.40. The molecule has 0 spiro atoms. The van der Waals surface area contributed by atoms with Gasteiger partial charge in [-0.3, -0.25) is 4.90 Å². The van der Waals surface area contributed by atoms with E-state index < -0.39 is 0 Å². The summed E-state index contributed by atoms with van der Waals surface area (Å²) in [5, 5.41) is 9.09. The van der Waals surface area contributed by atoms with E-state index >= 15 is 0 Å². The van der Waals surface area contributed by atoms with E-state index in [1.807, 2.05) is 0 Å². The van der Waals surface area contributed by atoms with E-state index in [4.69, 9.17) is 5.11 Å². The molecule has 0 aromatic heterocycles. The van der Waals surface area contributed by atoms with E-state index in [0.717, 1.165) is 19.5 Å². The lowest BCUT2D eigenvalue weighted by Crippen LogP contribution is -2.38. The molecule has 0 aliphatic heterocycles. The molecule has 2 nitrogen and oxygen atoms in total. The topological polar surface area (TPSA) is 23.5 Å². The van der Waals surface area contributed by atoms with Crippen molar-refractivity contribution in [2.24, 2.45) is 0 Å². The van der Waals surface area contributed by atoms with E-state index in [1.165, 1.54) is 12.8 Å². The Balaban J connectivity index is 3.75. The van der Waals surface area contributed by atoms with Crippen LogP contribution >= 0.6 is 0 Å². The molecule has 74 valence electrons. The summed E-state index contributed by atoms with van der Waals surface area (Å²) >= 11 is 0. The Morgan fingerprint density at radius 2 is 1.92 bits per heavy atom. The van der Waals surface area contributed by atoms with Crippen molar-refractivity contribution in [2.45, 2.75) is 46.1 Å². The zero-order chi connectivity index (χ0) is 9.40. The molecule has 0 saturated heterocycles. The molecule has 0 saturated carbocycles. The lowest BCUT2D eigenvalue weighted by Gasteiger charge is -2.28. The van der Waals surface area contributed by atoms with Crippen molar-refractivity contribution < 1.29 is 5.11 Å². The fourth-order valence-electron chi connectivity index (χ4n) is 1.46. The van der Waals surface area contributed by atoms with Crippen LogP contribution in [-0.2, 0) is 0 Å². The highest BCUT2D eigenvalue weighted by molar-refractivity contribution is 4.67. The third-order valence-electron chi connectivity index (χ3n) is 2.40. The Hall–Kier alpha value is -0.0800. The summed E-state index contributed by atoms with van der Waals surface area (Å²) in [6.45, 7) is 8.98. The van der Waals surface area contributed by atoms with Gasteiger partial charge in [-0.1, -0.05) is 27.2 Å². The molecular formula is C10H23NO. The van der Waals surface area contributed by atoms with Crippen LogP contribution in [0.4, 0.5) is 0 Å². The fourth-order valence-corrected chi connectivity index (χ4v) is 1.46. The van der Waals surface area contributed by atoms with Gasteiger partial charge in [0.1, 0.15) is 0 Å². The fraction of sp³-hybridized carbons (Fsp3) is 1.00. The Labute approximate surface area is 76.6 Å². The smallest absolute Gasteiger partial charge is 0.0586 e. The van der Waals surface area contributed by atoms with Gasteiger partial charge >= 0.3 is 0 Å². The Bertz CT molecular complexity index is 91.8. The van der Waals surface area contributed by atoms with Crippen LogP contribution in [-0.4, -0.2) is 35.7 Å². The first-order valence-electron chi connectivity index (χ1n) is 5.14. The highest BCUT2D eigenvalue weighted by atomic mass is 16.3. The van der Waals surface area contributed by atoms with Gasteiger partial charge in [-0.15, -0.1) is 0 Å². The number of aliphatic hydroxyl groups excluding tert-OH is 1. The maximum atomic E-state index is 9.09. The van der Waals surface area contributed by atoms with Gasteiger partial charge in [0.05, 0.1) is 6.61 Å². The van der Waals surface area contributed by atoms with Crippen molar-refractivity contribution >= 4 is 0 Å². The highest BCUT2D eigenvalue weighted by Gasteiger charge is 2.12. The quantitative estimate of drug-likeness (QED) is 0.635. The highest BCUT2D eigenvalue weighted by Crippen LogP contribution is 2.04. The van der Waals surface area contributed by atoms with Crippen LogP contribution in [0.3, 0.4) is 0 Å². The van der Waals surface area contributed by atoms with E-state index in [9.17, 15) is 0 Å². The van der Waals surface area contributed by atoms with Crippen LogP contribution in [0.25, 0.3) is 0 Å². The molecule has 0 fully saturated rings. The molecule has 1 unspecified atom stereocenters. The number of rotatable bonds is 7.